The number of aromatic nitrogens is 3. The highest BCUT2D eigenvalue weighted by atomic mass is 16.5. The molecule has 0 aliphatic heterocycles. The van der Waals surface area contributed by atoms with E-state index in [1.165, 1.54) is 6.20 Å². The number of aromatic carboxylic acids is 1. The van der Waals surface area contributed by atoms with Crippen LogP contribution in [0.15, 0.2) is 6.20 Å². The van der Waals surface area contributed by atoms with Gasteiger partial charge in [0, 0.05) is 13.2 Å². The van der Waals surface area contributed by atoms with Crippen LogP contribution in [-0.4, -0.2) is 32.4 Å². The fourth-order valence-electron chi connectivity index (χ4n) is 2.48. The lowest BCUT2D eigenvalue weighted by molar-refractivity contribution is 0.0691. The molecule has 6 nitrogen and oxygen atoms in total. The molecule has 2 rings (SSSR count). The zero-order valence-electron chi connectivity index (χ0n) is 12.9. The number of carboxylic acids is 1. The average Bonchev–Trinajstić information content (AvgIpc) is 2.71. The molecule has 0 saturated heterocycles. The minimum Gasteiger partial charge on any atom is -0.491 e. The zero-order valence-corrected chi connectivity index (χ0v) is 12.9. The van der Waals surface area contributed by atoms with Crippen LogP contribution in [0.3, 0.4) is 0 Å². The van der Waals surface area contributed by atoms with E-state index in [0.717, 1.165) is 18.5 Å². The summed E-state index contributed by atoms with van der Waals surface area (Å²) in [7, 11) is 1.78. The molecule has 2 aromatic rings. The average molecular weight is 291 g/mol. The Morgan fingerprint density at radius 1 is 1.52 bits per heavy atom. The molecular weight excluding hydrogens is 270 g/mol. The van der Waals surface area contributed by atoms with Gasteiger partial charge >= 0.3 is 5.97 Å². The largest absolute Gasteiger partial charge is 0.491 e. The highest BCUT2D eigenvalue weighted by Crippen LogP contribution is 2.31. The molecule has 1 N–H and O–H groups in total. The molecule has 114 valence electrons. The van der Waals surface area contributed by atoms with Crippen molar-refractivity contribution in [2.75, 3.05) is 6.61 Å². The summed E-state index contributed by atoms with van der Waals surface area (Å²) in [5.41, 5.74) is 1.44. The van der Waals surface area contributed by atoms with Crippen LogP contribution in [0.25, 0.3) is 11.0 Å². The summed E-state index contributed by atoms with van der Waals surface area (Å²) < 4.78 is 7.48. The predicted octanol–water partition coefficient (Wildman–Crippen LogP) is 2.79. The Kier molecular flexibility index (Phi) is 4.45. The minimum absolute atomic E-state index is 0.0855. The zero-order chi connectivity index (χ0) is 15.6. The standard InChI is InChI=1S/C15H21N3O3/c1-5-6-9(2)8-21-13-11(15(19)20)7-16-14-12(13)10(3)17-18(14)4/h7,9H,5-6,8H2,1-4H3,(H,19,20). The van der Waals surface area contributed by atoms with Gasteiger partial charge in [-0.05, 0) is 19.3 Å². The summed E-state index contributed by atoms with van der Waals surface area (Å²) in [4.78, 5) is 15.6. The van der Waals surface area contributed by atoms with E-state index in [2.05, 4.69) is 23.9 Å². The van der Waals surface area contributed by atoms with Gasteiger partial charge in [-0.15, -0.1) is 0 Å². The first-order valence-electron chi connectivity index (χ1n) is 7.14. The Labute approximate surface area is 123 Å². The summed E-state index contributed by atoms with van der Waals surface area (Å²) in [5, 5.41) is 14.3. The van der Waals surface area contributed by atoms with E-state index in [4.69, 9.17) is 4.74 Å². The maximum Gasteiger partial charge on any atom is 0.341 e. The summed E-state index contributed by atoms with van der Waals surface area (Å²) in [6.45, 7) is 6.53. The van der Waals surface area contributed by atoms with Gasteiger partial charge in [-0.2, -0.15) is 5.10 Å². The fourth-order valence-corrected chi connectivity index (χ4v) is 2.48. The Hall–Kier alpha value is -2.11. The maximum atomic E-state index is 11.4. The number of carboxylic acid groups (broad SMARTS) is 1. The third kappa shape index (κ3) is 2.99. The number of fused-ring (bicyclic) bond motifs is 1. The predicted molar refractivity (Wildman–Crippen MR) is 79.8 cm³/mol. The van der Waals surface area contributed by atoms with Crippen molar-refractivity contribution in [2.24, 2.45) is 13.0 Å². The van der Waals surface area contributed by atoms with Gasteiger partial charge in [0.2, 0.25) is 0 Å². The molecule has 0 aliphatic carbocycles. The van der Waals surface area contributed by atoms with E-state index in [1.807, 2.05) is 6.92 Å². The molecule has 0 spiro atoms. The quantitative estimate of drug-likeness (QED) is 0.885. The number of aryl methyl sites for hydroxylation is 2. The monoisotopic (exact) mass is 291 g/mol. The van der Waals surface area contributed by atoms with Gasteiger partial charge in [0.1, 0.15) is 11.3 Å². The summed E-state index contributed by atoms with van der Waals surface area (Å²) in [6.07, 6.45) is 3.46. The van der Waals surface area contributed by atoms with E-state index in [9.17, 15) is 9.90 Å². The lowest BCUT2D eigenvalue weighted by atomic mass is 10.1. The number of nitrogens with zero attached hydrogens (tertiary/aromatic N) is 3. The van der Waals surface area contributed by atoms with E-state index in [-0.39, 0.29) is 5.56 Å². The lowest BCUT2D eigenvalue weighted by Gasteiger charge is -2.14. The van der Waals surface area contributed by atoms with Gasteiger partial charge in [0.25, 0.3) is 0 Å². The summed E-state index contributed by atoms with van der Waals surface area (Å²) in [5.74, 6) is -0.288. The van der Waals surface area contributed by atoms with Crippen LogP contribution in [-0.2, 0) is 7.05 Å². The van der Waals surface area contributed by atoms with Gasteiger partial charge in [0.05, 0.1) is 17.7 Å². The Morgan fingerprint density at radius 3 is 2.86 bits per heavy atom. The van der Waals surface area contributed by atoms with Crippen molar-refractivity contribution in [3.8, 4) is 5.75 Å². The van der Waals surface area contributed by atoms with Gasteiger partial charge in [0.15, 0.2) is 5.65 Å². The molecule has 0 aliphatic rings. The van der Waals surface area contributed by atoms with E-state index in [0.29, 0.717) is 29.3 Å². The fraction of sp³-hybridized carbons (Fsp3) is 0.533. The smallest absolute Gasteiger partial charge is 0.341 e. The summed E-state index contributed by atoms with van der Waals surface area (Å²) >= 11 is 0. The van der Waals surface area contributed by atoms with Gasteiger partial charge in [-0.25, -0.2) is 9.78 Å². The van der Waals surface area contributed by atoms with Crippen LogP contribution in [0, 0.1) is 12.8 Å². The SMILES string of the molecule is CCCC(C)COc1c(C(=O)O)cnc2c1c(C)nn2C. The third-order valence-electron chi connectivity index (χ3n) is 3.50. The molecule has 2 aromatic heterocycles. The van der Waals surface area contributed by atoms with Crippen molar-refractivity contribution < 1.29 is 14.6 Å². The van der Waals surface area contributed by atoms with Crippen molar-refractivity contribution in [3.05, 3.63) is 17.5 Å². The van der Waals surface area contributed by atoms with E-state index < -0.39 is 5.97 Å². The number of pyridine rings is 1. The third-order valence-corrected chi connectivity index (χ3v) is 3.50. The van der Waals surface area contributed by atoms with E-state index >= 15 is 0 Å². The van der Waals surface area contributed by atoms with Gasteiger partial charge < -0.3 is 9.84 Å². The van der Waals surface area contributed by atoms with Crippen molar-refractivity contribution in [1.29, 1.82) is 0 Å². The molecule has 21 heavy (non-hydrogen) atoms. The van der Waals surface area contributed by atoms with Crippen molar-refractivity contribution >= 4 is 17.0 Å². The van der Waals surface area contributed by atoms with Crippen LogP contribution in [0.5, 0.6) is 5.75 Å². The normalized spacial score (nSPS) is 12.6. The Morgan fingerprint density at radius 2 is 2.24 bits per heavy atom. The summed E-state index contributed by atoms with van der Waals surface area (Å²) in [6, 6.07) is 0. The molecule has 6 heteroatoms. The molecular formula is C15H21N3O3. The molecule has 0 fully saturated rings. The number of hydrogen-bond donors (Lipinski definition) is 1. The second kappa shape index (κ2) is 6.11. The van der Waals surface area contributed by atoms with Gasteiger partial charge in [-0.3, -0.25) is 4.68 Å². The number of hydrogen-bond acceptors (Lipinski definition) is 4. The first-order valence-corrected chi connectivity index (χ1v) is 7.14. The van der Waals surface area contributed by atoms with Gasteiger partial charge in [-0.1, -0.05) is 20.3 Å². The van der Waals surface area contributed by atoms with Crippen LogP contribution in [0.4, 0.5) is 0 Å². The van der Waals surface area contributed by atoms with Crippen molar-refractivity contribution in [3.63, 3.8) is 0 Å². The second-order valence-corrected chi connectivity index (χ2v) is 5.42. The highest BCUT2D eigenvalue weighted by Gasteiger charge is 2.21. The Bertz CT molecular complexity index is 664. The lowest BCUT2D eigenvalue weighted by Crippen LogP contribution is -2.12. The molecule has 0 saturated carbocycles. The van der Waals surface area contributed by atoms with E-state index in [1.54, 1.807) is 11.7 Å². The first-order chi connectivity index (χ1) is 9.95. The number of rotatable bonds is 6. The molecule has 1 unspecified atom stereocenters. The highest BCUT2D eigenvalue weighted by molar-refractivity contribution is 5.98. The molecule has 0 bridgehead atoms. The topological polar surface area (TPSA) is 77.2 Å². The minimum atomic E-state index is -1.04. The molecule has 2 heterocycles. The van der Waals surface area contributed by atoms with Crippen molar-refractivity contribution in [1.82, 2.24) is 14.8 Å². The van der Waals surface area contributed by atoms with Crippen molar-refractivity contribution in [2.45, 2.75) is 33.6 Å². The number of ether oxygens (including phenoxy) is 1. The molecule has 1 atom stereocenters. The van der Waals surface area contributed by atoms with Crippen LogP contribution >= 0.6 is 0 Å². The van der Waals surface area contributed by atoms with Crippen LogP contribution in [0.1, 0.15) is 42.7 Å². The first kappa shape index (κ1) is 15.3. The second-order valence-electron chi connectivity index (χ2n) is 5.42. The maximum absolute atomic E-state index is 11.4. The van der Waals surface area contributed by atoms with Crippen LogP contribution < -0.4 is 4.74 Å². The van der Waals surface area contributed by atoms with Crippen LogP contribution in [0.2, 0.25) is 0 Å². The number of carbonyl (C=O) groups is 1. The molecule has 0 radical (unpaired) electrons. The Balaban J connectivity index is 2.46. The molecule has 0 aromatic carbocycles. The molecule has 0 amide bonds.